The Balaban J connectivity index is 2.53. The number of ether oxygens (including phenoxy) is 1. The third kappa shape index (κ3) is 1.42. The van der Waals surface area contributed by atoms with Gasteiger partial charge in [-0.15, -0.1) is 0 Å². The first kappa shape index (κ1) is 6.07. The standard InChI is InChI=1S/C5H7NO3/c1-3-2-4(7)9-5(8)6-3/h3H,2H2,1H3,(H,6,8). The lowest BCUT2D eigenvalue weighted by Gasteiger charge is -2.16. The second-order valence-corrected chi connectivity index (χ2v) is 2.01. The molecular formula is C5H7NO3. The van der Waals surface area contributed by atoms with Gasteiger partial charge in [-0.05, 0) is 6.92 Å². The Hall–Kier alpha value is -1.06. The third-order valence-electron chi connectivity index (χ3n) is 1.04. The topological polar surface area (TPSA) is 55.4 Å². The average molecular weight is 129 g/mol. The molecule has 1 saturated heterocycles. The van der Waals surface area contributed by atoms with Gasteiger partial charge in [0.05, 0.1) is 6.42 Å². The predicted molar refractivity (Wildman–Crippen MR) is 28.7 cm³/mol. The summed E-state index contributed by atoms with van der Waals surface area (Å²) >= 11 is 0. The molecule has 4 heteroatoms. The Bertz CT molecular complexity index is 138. The van der Waals surface area contributed by atoms with Crippen LogP contribution >= 0.6 is 0 Å². The van der Waals surface area contributed by atoms with E-state index in [-0.39, 0.29) is 12.5 Å². The fraction of sp³-hybridized carbons (Fsp3) is 0.600. The lowest BCUT2D eigenvalue weighted by molar-refractivity contribution is -0.139. The van der Waals surface area contributed by atoms with Crippen LogP contribution in [0.2, 0.25) is 0 Å². The van der Waals surface area contributed by atoms with Gasteiger partial charge in [-0.25, -0.2) is 4.79 Å². The number of carbonyl (C=O) groups excluding carboxylic acids is 2. The minimum Gasteiger partial charge on any atom is -0.376 e. The first-order chi connectivity index (χ1) is 4.18. The lowest BCUT2D eigenvalue weighted by atomic mass is 10.2. The Morgan fingerprint density at radius 3 is 2.78 bits per heavy atom. The molecule has 1 amide bonds. The highest BCUT2D eigenvalue weighted by molar-refractivity contribution is 5.87. The highest BCUT2D eigenvalue weighted by Crippen LogP contribution is 2.00. The van der Waals surface area contributed by atoms with E-state index < -0.39 is 12.1 Å². The molecule has 1 N–H and O–H groups in total. The average Bonchev–Trinajstić information content (AvgIpc) is 1.59. The van der Waals surface area contributed by atoms with Crippen LogP contribution in [-0.2, 0) is 9.53 Å². The van der Waals surface area contributed by atoms with Crippen LogP contribution in [0.5, 0.6) is 0 Å². The van der Waals surface area contributed by atoms with Gasteiger partial charge in [0, 0.05) is 6.04 Å². The summed E-state index contributed by atoms with van der Waals surface area (Å²) < 4.78 is 4.17. The van der Waals surface area contributed by atoms with Crippen molar-refractivity contribution >= 4 is 12.1 Å². The number of hydrogen-bond donors (Lipinski definition) is 1. The molecule has 0 aromatic rings. The van der Waals surface area contributed by atoms with Crippen molar-refractivity contribution in [3.05, 3.63) is 0 Å². The summed E-state index contributed by atoms with van der Waals surface area (Å²) in [6.07, 6.45) is -0.370. The first-order valence-corrected chi connectivity index (χ1v) is 2.69. The zero-order valence-corrected chi connectivity index (χ0v) is 5.01. The Labute approximate surface area is 52.2 Å². The Morgan fingerprint density at radius 2 is 2.33 bits per heavy atom. The molecule has 0 spiro atoms. The summed E-state index contributed by atoms with van der Waals surface area (Å²) in [5, 5.41) is 2.43. The van der Waals surface area contributed by atoms with Gasteiger partial charge in [0.15, 0.2) is 0 Å². The van der Waals surface area contributed by atoms with Crippen LogP contribution in [0.4, 0.5) is 4.79 Å². The van der Waals surface area contributed by atoms with Crippen molar-refractivity contribution in [1.82, 2.24) is 5.32 Å². The van der Waals surface area contributed by atoms with Crippen molar-refractivity contribution in [3.63, 3.8) is 0 Å². The number of amides is 1. The Morgan fingerprint density at radius 1 is 1.67 bits per heavy atom. The smallest absolute Gasteiger partial charge is 0.376 e. The van der Waals surface area contributed by atoms with E-state index in [9.17, 15) is 9.59 Å². The van der Waals surface area contributed by atoms with E-state index in [1.807, 2.05) is 0 Å². The summed E-state index contributed by atoms with van der Waals surface area (Å²) in [5.74, 6) is -0.453. The number of hydrogen-bond acceptors (Lipinski definition) is 3. The molecule has 0 aromatic heterocycles. The minimum absolute atomic E-state index is 0.0845. The molecule has 0 radical (unpaired) electrons. The van der Waals surface area contributed by atoms with Crippen LogP contribution in [0.25, 0.3) is 0 Å². The van der Waals surface area contributed by atoms with Crippen molar-refractivity contribution in [2.45, 2.75) is 19.4 Å². The summed E-state index contributed by atoms with van der Waals surface area (Å²) in [6, 6.07) is -0.0845. The van der Waals surface area contributed by atoms with E-state index in [1.54, 1.807) is 6.92 Å². The Kier molecular flexibility index (Phi) is 1.38. The molecule has 1 heterocycles. The SMILES string of the molecule is CC1CC(=O)OC(=O)N1. The number of carbonyl (C=O) groups is 2. The minimum atomic E-state index is -0.640. The van der Waals surface area contributed by atoms with Gasteiger partial charge in [-0.3, -0.25) is 4.79 Å². The van der Waals surface area contributed by atoms with Gasteiger partial charge in [-0.2, -0.15) is 0 Å². The van der Waals surface area contributed by atoms with Crippen molar-refractivity contribution in [2.24, 2.45) is 0 Å². The van der Waals surface area contributed by atoms with Gasteiger partial charge in [0.2, 0.25) is 0 Å². The van der Waals surface area contributed by atoms with Crippen molar-refractivity contribution in [1.29, 1.82) is 0 Å². The fourth-order valence-electron chi connectivity index (χ4n) is 0.677. The maximum atomic E-state index is 10.4. The molecule has 0 saturated carbocycles. The molecule has 1 unspecified atom stereocenters. The van der Waals surface area contributed by atoms with Crippen LogP contribution in [0.3, 0.4) is 0 Å². The van der Waals surface area contributed by atoms with Crippen LogP contribution in [0.1, 0.15) is 13.3 Å². The monoisotopic (exact) mass is 129 g/mol. The molecule has 50 valence electrons. The number of cyclic esters (lactones) is 2. The van der Waals surface area contributed by atoms with Crippen LogP contribution < -0.4 is 5.32 Å². The highest BCUT2D eigenvalue weighted by atomic mass is 16.6. The molecule has 1 aliphatic heterocycles. The molecular weight excluding hydrogens is 122 g/mol. The summed E-state index contributed by atoms with van der Waals surface area (Å²) in [4.78, 5) is 20.7. The van der Waals surface area contributed by atoms with Crippen molar-refractivity contribution in [3.8, 4) is 0 Å². The van der Waals surface area contributed by atoms with Gasteiger partial charge in [-0.1, -0.05) is 0 Å². The normalized spacial score (nSPS) is 27.0. The number of rotatable bonds is 0. The zero-order valence-electron chi connectivity index (χ0n) is 5.01. The largest absolute Gasteiger partial charge is 0.415 e. The second-order valence-electron chi connectivity index (χ2n) is 2.01. The van der Waals surface area contributed by atoms with E-state index in [1.165, 1.54) is 0 Å². The molecule has 1 fully saturated rings. The maximum absolute atomic E-state index is 10.4. The molecule has 0 aliphatic carbocycles. The van der Waals surface area contributed by atoms with Gasteiger partial charge in [0.1, 0.15) is 0 Å². The summed E-state index contributed by atoms with van der Waals surface area (Å²) in [5.41, 5.74) is 0. The van der Waals surface area contributed by atoms with Crippen LogP contribution in [0.15, 0.2) is 0 Å². The van der Waals surface area contributed by atoms with E-state index in [2.05, 4.69) is 10.1 Å². The van der Waals surface area contributed by atoms with Crippen LogP contribution in [-0.4, -0.2) is 18.1 Å². The molecule has 0 bridgehead atoms. The molecule has 1 aliphatic rings. The number of nitrogens with one attached hydrogen (secondary N) is 1. The quantitative estimate of drug-likeness (QED) is 0.371. The third-order valence-corrected chi connectivity index (χ3v) is 1.04. The van der Waals surface area contributed by atoms with E-state index in [0.29, 0.717) is 0 Å². The molecule has 1 rings (SSSR count). The second kappa shape index (κ2) is 2.05. The zero-order chi connectivity index (χ0) is 6.85. The maximum Gasteiger partial charge on any atom is 0.415 e. The molecule has 9 heavy (non-hydrogen) atoms. The van der Waals surface area contributed by atoms with Gasteiger partial charge >= 0.3 is 12.1 Å². The predicted octanol–water partition coefficient (Wildman–Crippen LogP) is 0.0314. The number of esters is 1. The van der Waals surface area contributed by atoms with Crippen molar-refractivity contribution in [2.75, 3.05) is 0 Å². The van der Waals surface area contributed by atoms with Crippen LogP contribution in [0, 0.1) is 0 Å². The molecule has 0 aromatic carbocycles. The van der Waals surface area contributed by atoms with E-state index >= 15 is 0 Å². The molecule has 4 nitrogen and oxygen atoms in total. The molecule has 1 atom stereocenters. The van der Waals surface area contributed by atoms with E-state index in [0.717, 1.165) is 0 Å². The van der Waals surface area contributed by atoms with Crippen molar-refractivity contribution < 1.29 is 14.3 Å². The fourth-order valence-corrected chi connectivity index (χ4v) is 0.677. The number of alkyl carbamates (subject to hydrolysis) is 1. The first-order valence-electron chi connectivity index (χ1n) is 2.69. The highest BCUT2D eigenvalue weighted by Gasteiger charge is 2.21. The van der Waals surface area contributed by atoms with E-state index in [4.69, 9.17) is 0 Å². The summed E-state index contributed by atoms with van der Waals surface area (Å²) in [6.45, 7) is 1.75. The lowest BCUT2D eigenvalue weighted by Crippen LogP contribution is -2.41. The summed E-state index contributed by atoms with van der Waals surface area (Å²) in [7, 11) is 0. The van der Waals surface area contributed by atoms with Gasteiger partial charge in [0.25, 0.3) is 0 Å². The van der Waals surface area contributed by atoms with Gasteiger partial charge < -0.3 is 10.1 Å².